The van der Waals surface area contributed by atoms with Crippen molar-refractivity contribution in [3.63, 3.8) is 0 Å². The molecule has 3 nitrogen and oxygen atoms in total. The number of halogens is 3. The Morgan fingerprint density at radius 1 is 1.15 bits per heavy atom. The van der Waals surface area contributed by atoms with Crippen LogP contribution in [0.15, 0.2) is 48.5 Å². The van der Waals surface area contributed by atoms with Gasteiger partial charge in [-0.15, -0.1) is 0 Å². The van der Waals surface area contributed by atoms with Gasteiger partial charge in [0, 0.05) is 11.6 Å². The molecule has 0 saturated carbocycles. The van der Waals surface area contributed by atoms with Crippen LogP contribution in [0.3, 0.4) is 0 Å². The quantitative estimate of drug-likeness (QED) is 0.729. The highest BCUT2D eigenvalue weighted by Crippen LogP contribution is 2.32. The molecule has 0 amide bonds. The van der Waals surface area contributed by atoms with Gasteiger partial charge >= 0.3 is 13.3 Å². The van der Waals surface area contributed by atoms with Crippen LogP contribution in [0.5, 0.6) is 5.75 Å². The van der Waals surface area contributed by atoms with Crippen LogP contribution >= 0.6 is 0 Å². The Kier molecular flexibility index (Phi) is 5.54. The van der Waals surface area contributed by atoms with Crippen molar-refractivity contribution < 1.29 is 27.2 Å². The smallest absolute Gasteiger partial charge is 0.489 e. The maximum atomic E-state index is 13.2. The third kappa shape index (κ3) is 5.05. The molecule has 0 bridgehead atoms. The second-order valence-corrected chi connectivity index (χ2v) is 7.38. The molecule has 0 N–H and O–H groups in total. The van der Waals surface area contributed by atoms with Gasteiger partial charge in [0.1, 0.15) is 12.4 Å². The Balaban J connectivity index is 1.92. The van der Waals surface area contributed by atoms with Crippen LogP contribution < -0.4 is 10.2 Å². The molecule has 1 heterocycles. The highest BCUT2D eigenvalue weighted by atomic mass is 19.4. The van der Waals surface area contributed by atoms with Crippen molar-refractivity contribution in [1.29, 1.82) is 0 Å². The zero-order valence-corrected chi connectivity index (χ0v) is 15.5. The van der Waals surface area contributed by atoms with Crippen LogP contribution in [0, 0.1) is 0 Å². The summed E-state index contributed by atoms with van der Waals surface area (Å²) in [5, 5.41) is 0. The van der Waals surface area contributed by atoms with E-state index < -0.39 is 24.5 Å². The largest absolute Gasteiger partial charge is 0.498 e. The fraction of sp³-hybridized carbons (Fsp3) is 0.400. The van der Waals surface area contributed by atoms with Gasteiger partial charge in [0.25, 0.3) is 0 Å². The van der Waals surface area contributed by atoms with Crippen LogP contribution in [-0.2, 0) is 22.1 Å². The highest BCUT2D eigenvalue weighted by Gasteiger charge is 2.41. The van der Waals surface area contributed by atoms with Gasteiger partial charge in [-0.25, -0.2) is 0 Å². The first-order valence-electron chi connectivity index (χ1n) is 8.85. The minimum absolute atomic E-state index is 0.143. The lowest BCUT2D eigenvalue weighted by molar-refractivity contribution is -0.137. The summed E-state index contributed by atoms with van der Waals surface area (Å²) in [6.45, 7) is 5.93. The monoisotopic (exact) mass is 378 g/mol. The molecule has 0 aliphatic carbocycles. The van der Waals surface area contributed by atoms with Crippen LogP contribution in [0.1, 0.15) is 38.3 Å². The van der Waals surface area contributed by atoms with Gasteiger partial charge < -0.3 is 14.0 Å². The summed E-state index contributed by atoms with van der Waals surface area (Å²) in [5.74, 6) is 0.321. The molecule has 1 saturated heterocycles. The Hall–Kier alpha value is -1.99. The van der Waals surface area contributed by atoms with E-state index in [1.54, 1.807) is 0 Å². The molecule has 0 aromatic heterocycles. The Morgan fingerprint density at radius 2 is 1.85 bits per heavy atom. The van der Waals surface area contributed by atoms with Crippen LogP contribution in [0.25, 0.3) is 0 Å². The molecule has 144 valence electrons. The molecule has 1 unspecified atom stereocenters. The van der Waals surface area contributed by atoms with Gasteiger partial charge in [0.2, 0.25) is 0 Å². The third-order valence-electron chi connectivity index (χ3n) is 4.39. The van der Waals surface area contributed by atoms with Gasteiger partial charge in [-0.05, 0) is 51.0 Å². The van der Waals surface area contributed by atoms with Crippen LogP contribution in [0.2, 0.25) is 0 Å². The van der Waals surface area contributed by atoms with E-state index in [0.29, 0.717) is 12.2 Å². The van der Waals surface area contributed by atoms with E-state index in [0.717, 1.165) is 17.7 Å². The third-order valence-corrected chi connectivity index (χ3v) is 4.39. The van der Waals surface area contributed by atoms with Gasteiger partial charge in [0.15, 0.2) is 0 Å². The van der Waals surface area contributed by atoms with Crippen LogP contribution in [0.4, 0.5) is 13.2 Å². The van der Waals surface area contributed by atoms with E-state index in [1.807, 2.05) is 51.1 Å². The molecule has 3 rings (SSSR count). The number of hydrogen-bond donors (Lipinski definition) is 0. The zero-order chi connectivity index (χ0) is 19.7. The molecule has 1 aliphatic heterocycles. The average Bonchev–Trinajstić information content (AvgIpc) is 2.58. The normalized spacial score (nSPS) is 19.8. The molecule has 0 radical (unpaired) electrons. The van der Waals surface area contributed by atoms with E-state index in [4.69, 9.17) is 14.0 Å². The number of rotatable bonds is 4. The van der Waals surface area contributed by atoms with E-state index in [2.05, 4.69) is 0 Å². The van der Waals surface area contributed by atoms with E-state index in [9.17, 15) is 13.2 Å². The predicted molar refractivity (Wildman–Crippen MR) is 97.9 cm³/mol. The molecule has 1 aliphatic rings. The minimum Gasteiger partial charge on any atom is -0.489 e. The average molecular weight is 378 g/mol. The maximum absolute atomic E-state index is 13.2. The summed E-state index contributed by atoms with van der Waals surface area (Å²) in [5.41, 5.74) is -0.0940. The second kappa shape index (κ2) is 7.56. The molecule has 1 atom stereocenters. The van der Waals surface area contributed by atoms with Crippen LogP contribution in [-0.4, -0.2) is 18.8 Å². The first-order valence-corrected chi connectivity index (χ1v) is 8.85. The van der Waals surface area contributed by atoms with Crippen molar-refractivity contribution in [3.8, 4) is 5.75 Å². The number of alkyl halides is 3. The molecule has 2 aromatic carbocycles. The van der Waals surface area contributed by atoms with Gasteiger partial charge in [-0.3, -0.25) is 0 Å². The van der Waals surface area contributed by atoms with Crippen molar-refractivity contribution in [2.24, 2.45) is 0 Å². The van der Waals surface area contributed by atoms with Crippen molar-refractivity contribution in [2.45, 2.75) is 51.7 Å². The summed E-state index contributed by atoms with van der Waals surface area (Å²) < 4.78 is 57.2. The molecule has 0 spiro atoms. The van der Waals surface area contributed by atoms with Crippen molar-refractivity contribution in [3.05, 3.63) is 59.7 Å². The Labute approximate surface area is 157 Å². The zero-order valence-electron chi connectivity index (χ0n) is 15.5. The first kappa shape index (κ1) is 19.8. The molecule has 2 aromatic rings. The maximum Gasteiger partial charge on any atom is 0.498 e. The summed E-state index contributed by atoms with van der Waals surface area (Å²) in [6.07, 6.45) is -3.94. The first-order chi connectivity index (χ1) is 12.6. The fourth-order valence-corrected chi connectivity index (χ4v) is 3.23. The number of benzene rings is 2. The number of ether oxygens (including phenoxy) is 1. The van der Waals surface area contributed by atoms with E-state index >= 15 is 0 Å². The standard InChI is InChI=1S/C20H22BF3O3/c1-14-12-19(2,3)27-21(26-14)17-11-16(20(22,23)24)9-10-18(17)25-13-15-7-5-4-6-8-15/h4-11,14H,12-13H2,1-3H3. The molecule has 7 heteroatoms. The van der Waals surface area contributed by atoms with E-state index in [1.165, 1.54) is 6.07 Å². The minimum atomic E-state index is -4.46. The summed E-state index contributed by atoms with van der Waals surface area (Å²) in [7, 11) is -0.920. The summed E-state index contributed by atoms with van der Waals surface area (Å²) >= 11 is 0. The Morgan fingerprint density at radius 3 is 2.48 bits per heavy atom. The number of hydrogen-bond acceptors (Lipinski definition) is 3. The van der Waals surface area contributed by atoms with Gasteiger partial charge in [0.05, 0.1) is 11.2 Å². The van der Waals surface area contributed by atoms with Crippen molar-refractivity contribution in [2.75, 3.05) is 0 Å². The molecule has 27 heavy (non-hydrogen) atoms. The lowest BCUT2D eigenvalue weighted by Gasteiger charge is -2.38. The SMILES string of the molecule is CC1CC(C)(C)OB(c2cc(C(F)(F)F)ccc2OCc2ccccc2)O1. The van der Waals surface area contributed by atoms with Gasteiger partial charge in [-0.1, -0.05) is 30.3 Å². The highest BCUT2D eigenvalue weighted by molar-refractivity contribution is 6.62. The van der Waals surface area contributed by atoms with Crippen molar-refractivity contribution >= 4 is 12.6 Å². The molecule has 1 fully saturated rings. The second-order valence-electron chi connectivity index (χ2n) is 7.38. The topological polar surface area (TPSA) is 27.7 Å². The lowest BCUT2D eigenvalue weighted by Crippen LogP contribution is -2.52. The van der Waals surface area contributed by atoms with Crippen molar-refractivity contribution in [1.82, 2.24) is 0 Å². The molecular formula is C20H22BF3O3. The Bertz CT molecular complexity index is 778. The summed E-state index contributed by atoms with van der Waals surface area (Å²) in [6, 6.07) is 12.8. The molecular weight excluding hydrogens is 356 g/mol. The van der Waals surface area contributed by atoms with Gasteiger partial charge in [-0.2, -0.15) is 13.2 Å². The lowest BCUT2D eigenvalue weighted by atomic mass is 9.73. The van der Waals surface area contributed by atoms with E-state index in [-0.39, 0.29) is 18.2 Å². The fourth-order valence-electron chi connectivity index (χ4n) is 3.23. The predicted octanol–water partition coefficient (Wildman–Crippen LogP) is 4.58. The summed E-state index contributed by atoms with van der Waals surface area (Å²) in [4.78, 5) is 0.